The standard InChI is InChI=1S/C23H25N3O3S3/c27-22(16-31-23-24-20-8-2-1-6-18(20)15-30-23)26-13-5-7-17-14-19(9-10-21(17)26)32(28,29)25-11-3-4-12-25/h1-2,6,8-10,14H,3-5,7,11-13,15-16H2. The molecule has 0 aliphatic carbocycles. The average Bonchev–Trinajstić information content (AvgIpc) is 3.38. The Balaban J connectivity index is 1.30. The molecule has 1 saturated heterocycles. The first-order chi connectivity index (χ1) is 15.5. The van der Waals surface area contributed by atoms with E-state index in [-0.39, 0.29) is 5.91 Å². The number of carbonyl (C=O) groups is 1. The van der Waals surface area contributed by atoms with E-state index in [1.54, 1.807) is 33.1 Å². The van der Waals surface area contributed by atoms with Crippen molar-refractivity contribution >= 4 is 55.2 Å². The highest BCUT2D eigenvalue weighted by atomic mass is 32.2. The number of rotatable bonds is 4. The van der Waals surface area contributed by atoms with E-state index in [4.69, 9.17) is 0 Å². The molecule has 0 aromatic heterocycles. The van der Waals surface area contributed by atoms with Gasteiger partial charge in [-0.3, -0.25) is 4.79 Å². The molecule has 0 unspecified atom stereocenters. The van der Waals surface area contributed by atoms with Crippen molar-refractivity contribution in [2.45, 2.75) is 36.3 Å². The molecule has 0 saturated carbocycles. The van der Waals surface area contributed by atoms with Crippen molar-refractivity contribution in [3.8, 4) is 0 Å². The molecule has 0 N–H and O–H groups in total. The Hall–Kier alpha value is -1.81. The van der Waals surface area contributed by atoms with Crippen LogP contribution in [0.25, 0.3) is 0 Å². The summed E-state index contributed by atoms with van der Waals surface area (Å²) in [6.45, 7) is 1.84. The normalized spacial score (nSPS) is 18.8. The number of hydrogen-bond acceptors (Lipinski definition) is 6. The first-order valence-electron chi connectivity index (χ1n) is 10.9. The van der Waals surface area contributed by atoms with E-state index in [1.165, 1.54) is 17.3 Å². The lowest BCUT2D eigenvalue weighted by Crippen LogP contribution is -2.37. The van der Waals surface area contributed by atoms with Gasteiger partial charge in [0.2, 0.25) is 15.9 Å². The Kier molecular flexibility index (Phi) is 6.33. The van der Waals surface area contributed by atoms with Crippen LogP contribution >= 0.6 is 23.5 Å². The van der Waals surface area contributed by atoms with Crippen LogP contribution in [-0.2, 0) is 27.0 Å². The number of anilines is 1. The van der Waals surface area contributed by atoms with Gasteiger partial charge < -0.3 is 4.90 Å². The highest BCUT2D eigenvalue weighted by Crippen LogP contribution is 2.35. The number of carbonyl (C=O) groups excluding carboxylic acids is 1. The molecule has 0 bridgehead atoms. The molecule has 9 heteroatoms. The van der Waals surface area contributed by atoms with Gasteiger partial charge in [0, 0.05) is 31.1 Å². The van der Waals surface area contributed by atoms with Gasteiger partial charge in [0.05, 0.1) is 16.3 Å². The van der Waals surface area contributed by atoms with Crippen molar-refractivity contribution in [3.63, 3.8) is 0 Å². The first-order valence-corrected chi connectivity index (χ1v) is 14.3. The number of benzene rings is 2. The van der Waals surface area contributed by atoms with Gasteiger partial charge in [-0.15, -0.1) is 0 Å². The van der Waals surface area contributed by atoms with Crippen LogP contribution in [0.3, 0.4) is 0 Å². The average molecular weight is 488 g/mol. The molecule has 1 fully saturated rings. The molecular formula is C23H25N3O3S3. The Morgan fingerprint density at radius 2 is 1.84 bits per heavy atom. The van der Waals surface area contributed by atoms with Gasteiger partial charge in [-0.2, -0.15) is 4.31 Å². The summed E-state index contributed by atoms with van der Waals surface area (Å²) in [5.41, 5.74) is 3.98. The van der Waals surface area contributed by atoms with Crippen molar-refractivity contribution in [1.29, 1.82) is 0 Å². The molecule has 3 aliphatic heterocycles. The van der Waals surface area contributed by atoms with Crippen LogP contribution in [-0.4, -0.2) is 48.4 Å². The number of thioether (sulfide) groups is 2. The predicted octanol–water partition coefficient (Wildman–Crippen LogP) is 4.42. The van der Waals surface area contributed by atoms with Gasteiger partial charge in [0.1, 0.15) is 4.38 Å². The highest BCUT2D eigenvalue weighted by molar-refractivity contribution is 8.38. The maximum Gasteiger partial charge on any atom is 0.243 e. The van der Waals surface area contributed by atoms with Crippen molar-refractivity contribution < 1.29 is 13.2 Å². The number of para-hydroxylation sites is 1. The Morgan fingerprint density at radius 3 is 2.69 bits per heavy atom. The molecule has 32 heavy (non-hydrogen) atoms. The summed E-state index contributed by atoms with van der Waals surface area (Å²) >= 11 is 3.15. The Morgan fingerprint density at radius 1 is 1.03 bits per heavy atom. The summed E-state index contributed by atoms with van der Waals surface area (Å²) < 4.78 is 28.3. The number of fused-ring (bicyclic) bond motifs is 2. The number of amides is 1. The van der Waals surface area contributed by atoms with Gasteiger partial charge >= 0.3 is 0 Å². The molecule has 168 valence electrons. The molecule has 0 atom stereocenters. The number of nitrogens with zero attached hydrogens (tertiary/aromatic N) is 3. The van der Waals surface area contributed by atoms with Crippen LogP contribution in [0.4, 0.5) is 11.4 Å². The van der Waals surface area contributed by atoms with Crippen molar-refractivity contribution in [3.05, 3.63) is 53.6 Å². The summed E-state index contributed by atoms with van der Waals surface area (Å²) in [6, 6.07) is 13.3. The van der Waals surface area contributed by atoms with E-state index in [1.807, 2.05) is 24.3 Å². The number of aryl methyl sites for hydroxylation is 1. The van der Waals surface area contributed by atoms with Crippen LogP contribution in [0.2, 0.25) is 0 Å². The van der Waals surface area contributed by atoms with Gasteiger partial charge in [0.15, 0.2) is 0 Å². The van der Waals surface area contributed by atoms with Gasteiger partial charge in [-0.1, -0.05) is 41.7 Å². The lowest BCUT2D eigenvalue weighted by molar-refractivity contribution is -0.116. The minimum atomic E-state index is -3.45. The molecule has 3 heterocycles. The number of hydrogen-bond donors (Lipinski definition) is 0. The zero-order valence-electron chi connectivity index (χ0n) is 17.7. The van der Waals surface area contributed by atoms with Crippen molar-refractivity contribution in [2.24, 2.45) is 4.99 Å². The van der Waals surface area contributed by atoms with Crippen LogP contribution in [0.5, 0.6) is 0 Å². The maximum absolute atomic E-state index is 13.1. The van der Waals surface area contributed by atoms with Crippen molar-refractivity contribution in [2.75, 3.05) is 30.3 Å². The van der Waals surface area contributed by atoms with Gasteiger partial charge in [0.25, 0.3) is 0 Å². The second kappa shape index (κ2) is 9.21. The molecule has 2 aromatic rings. The lowest BCUT2D eigenvalue weighted by Gasteiger charge is -2.30. The fourth-order valence-electron chi connectivity index (χ4n) is 4.36. The summed E-state index contributed by atoms with van der Waals surface area (Å²) in [4.78, 5) is 19.9. The number of aliphatic imine (C=N–C) groups is 1. The highest BCUT2D eigenvalue weighted by Gasteiger charge is 2.30. The molecule has 3 aliphatic rings. The predicted molar refractivity (Wildman–Crippen MR) is 132 cm³/mol. The topological polar surface area (TPSA) is 70.0 Å². The Labute approximate surface area is 197 Å². The van der Waals surface area contributed by atoms with Crippen LogP contribution < -0.4 is 4.90 Å². The van der Waals surface area contributed by atoms with E-state index in [9.17, 15) is 13.2 Å². The molecular weight excluding hydrogens is 462 g/mol. The SMILES string of the molecule is O=C(CSC1=Nc2ccccc2CS1)N1CCCc2cc(S(=O)(=O)N3CCCC3)ccc21. The van der Waals surface area contributed by atoms with E-state index in [2.05, 4.69) is 11.1 Å². The van der Waals surface area contributed by atoms with E-state index in [0.29, 0.717) is 30.3 Å². The fourth-order valence-corrected chi connectivity index (χ4v) is 7.86. The third kappa shape index (κ3) is 4.35. The smallest absolute Gasteiger partial charge is 0.243 e. The number of sulfonamides is 1. The molecule has 0 spiro atoms. The quantitative estimate of drug-likeness (QED) is 0.639. The lowest BCUT2D eigenvalue weighted by atomic mass is 10.0. The second-order valence-corrected chi connectivity index (χ2v) is 12.3. The summed E-state index contributed by atoms with van der Waals surface area (Å²) in [5.74, 6) is 1.23. The monoisotopic (exact) mass is 487 g/mol. The zero-order chi connectivity index (χ0) is 22.1. The van der Waals surface area contributed by atoms with Gasteiger partial charge in [-0.25, -0.2) is 13.4 Å². The van der Waals surface area contributed by atoms with Crippen LogP contribution in [0.15, 0.2) is 52.4 Å². The van der Waals surface area contributed by atoms with Crippen molar-refractivity contribution in [1.82, 2.24) is 4.31 Å². The maximum atomic E-state index is 13.1. The largest absolute Gasteiger partial charge is 0.311 e. The first kappa shape index (κ1) is 22.0. The summed E-state index contributed by atoms with van der Waals surface area (Å²) in [5, 5.41) is 0. The van der Waals surface area contributed by atoms with Crippen LogP contribution in [0, 0.1) is 0 Å². The molecule has 2 aromatic carbocycles. The summed E-state index contributed by atoms with van der Waals surface area (Å²) in [6.07, 6.45) is 3.45. The molecule has 0 radical (unpaired) electrons. The minimum Gasteiger partial charge on any atom is -0.311 e. The van der Waals surface area contributed by atoms with Gasteiger partial charge in [-0.05, 0) is 61.1 Å². The van der Waals surface area contributed by atoms with E-state index >= 15 is 0 Å². The minimum absolute atomic E-state index is 0.0354. The van der Waals surface area contributed by atoms with Crippen LogP contribution in [0.1, 0.15) is 30.4 Å². The third-order valence-corrected chi connectivity index (χ3v) is 10.2. The third-order valence-electron chi connectivity index (χ3n) is 6.05. The summed E-state index contributed by atoms with van der Waals surface area (Å²) in [7, 11) is -3.45. The van der Waals surface area contributed by atoms with E-state index in [0.717, 1.165) is 52.8 Å². The Bertz CT molecular complexity index is 1170. The zero-order valence-corrected chi connectivity index (χ0v) is 20.1. The second-order valence-electron chi connectivity index (χ2n) is 8.13. The molecule has 5 rings (SSSR count). The molecule has 1 amide bonds. The van der Waals surface area contributed by atoms with E-state index < -0.39 is 10.0 Å². The fraction of sp³-hybridized carbons (Fsp3) is 0.391. The molecule has 6 nitrogen and oxygen atoms in total.